The average molecular weight is 318 g/mol. The Kier molecular flexibility index (Phi) is 8.89. The van der Waals surface area contributed by atoms with Gasteiger partial charge in [0.05, 0.1) is 25.6 Å². The Morgan fingerprint density at radius 1 is 1.14 bits per heavy atom. The SMILES string of the molecule is C.CC(=O)CCC(=O)OCOC(=O)CCC1(C)OCC(C)O1. The smallest absolute Gasteiger partial charge is 0.309 e. The molecule has 22 heavy (non-hydrogen) atoms. The van der Waals surface area contributed by atoms with E-state index in [1.54, 1.807) is 6.92 Å². The molecule has 128 valence electrons. The number of ether oxygens (including phenoxy) is 4. The van der Waals surface area contributed by atoms with Crippen molar-refractivity contribution in [1.29, 1.82) is 0 Å². The van der Waals surface area contributed by atoms with Crippen LogP contribution in [0.3, 0.4) is 0 Å². The predicted octanol–water partition coefficient (Wildman–Crippen LogP) is 1.97. The van der Waals surface area contributed by atoms with E-state index in [1.807, 2.05) is 6.92 Å². The molecular weight excluding hydrogens is 292 g/mol. The first-order valence-electron chi connectivity index (χ1n) is 6.93. The molecule has 7 nitrogen and oxygen atoms in total. The van der Waals surface area contributed by atoms with Crippen LogP contribution in [0.15, 0.2) is 0 Å². The van der Waals surface area contributed by atoms with Crippen LogP contribution >= 0.6 is 0 Å². The highest BCUT2D eigenvalue weighted by molar-refractivity contribution is 5.81. The van der Waals surface area contributed by atoms with Gasteiger partial charge in [0.25, 0.3) is 0 Å². The largest absolute Gasteiger partial charge is 0.428 e. The summed E-state index contributed by atoms with van der Waals surface area (Å²) >= 11 is 0. The molecule has 1 aliphatic rings. The van der Waals surface area contributed by atoms with Crippen LogP contribution in [0, 0.1) is 0 Å². The van der Waals surface area contributed by atoms with Gasteiger partial charge in [0.15, 0.2) is 5.79 Å². The summed E-state index contributed by atoms with van der Waals surface area (Å²) in [5.74, 6) is -1.93. The summed E-state index contributed by atoms with van der Waals surface area (Å²) in [6.45, 7) is 5.11. The summed E-state index contributed by atoms with van der Waals surface area (Å²) in [6.07, 6.45) is 0.596. The topological polar surface area (TPSA) is 88.1 Å². The Morgan fingerprint density at radius 2 is 1.73 bits per heavy atom. The van der Waals surface area contributed by atoms with Crippen LogP contribution < -0.4 is 0 Å². The van der Waals surface area contributed by atoms with E-state index in [9.17, 15) is 14.4 Å². The molecule has 0 aliphatic carbocycles. The molecule has 2 atom stereocenters. The average Bonchev–Trinajstić information content (AvgIpc) is 2.74. The molecule has 0 bridgehead atoms. The standard InChI is InChI=1S/C14H22O7.CH4/c1-10(15)4-5-12(16)18-9-19-13(17)6-7-14(3)20-8-11(2)21-14;/h11H,4-9H2,1-3H3;1H4. The summed E-state index contributed by atoms with van der Waals surface area (Å²) in [5, 5.41) is 0. The lowest BCUT2D eigenvalue weighted by Crippen LogP contribution is -2.27. The van der Waals surface area contributed by atoms with Crippen molar-refractivity contribution in [1.82, 2.24) is 0 Å². The third-order valence-corrected chi connectivity index (χ3v) is 2.98. The fraction of sp³-hybridized carbons (Fsp3) is 0.800. The molecule has 0 spiro atoms. The number of ketones is 1. The van der Waals surface area contributed by atoms with E-state index < -0.39 is 24.5 Å². The second-order valence-electron chi connectivity index (χ2n) is 5.23. The molecule has 0 saturated carbocycles. The van der Waals surface area contributed by atoms with Crippen LogP contribution in [0.4, 0.5) is 0 Å². The zero-order chi connectivity index (χ0) is 15.9. The number of hydrogen-bond acceptors (Lipinski definition) is 7. The van der Waals surface area contributed by atoms with Crippen LogP contribution in [0.25, 0.3) is 0 Å². The Morgan fingerprint density at radius 3 is 2.23 bits per heavy atom. The fourth-order valence-corrected chi connectivity index (χ4v) is 1.83. The molecule has 0 aromatic carbocycles. The van der Waals surface area contributed by atoms with Crippen LogP contribution in [-0.4, -0.2) is 43.0 Å². The Balaban J connectivity index is 0.00000441. The lowest BCUT2D eigenvalue weighted by atomic mass is 10.2. The maximum absolute atomic E-state index is 11.5. The maximum atomic E-state index is 11.5. The summed E-state index contributed by atoms with van der Waals surface area (Å²) in [7, 11) is 0. The molecule has 2 unspecified atom stereocenters. The minimum atomic E-state index is -0.767. The van der Waals surface area contributed by atoms with E-state index in [1.165, 1.54) is 6.92 Å². The second-order valence-corrected chi connectivity index (χ2v) is 5.23. The van der Waals surface area contributed by atoms with Gasteiger partial charge in [-0.1, -0.05) is 7.43 Å². The van der Waals surface area contributed by atoms with Gasteiger partial charge < -0.3 is 23.7 Å². The number of rotatable bonds is 8. The molecule has 0 N–H and O–H groups in total. The highest BCUT2D eigenvalue weighted by Crippen LogP contribution is 2.27. The van der Waals surface area contributed by atoms with Gasteiger partial charge in [0.1, 0.15) is 5.78 Å². The van der Waals surface area contributed by atoms with E-state index in [0.717, 1.165) is 0 Å². The quantitative estimate of drug-likeness (QED) is 0.499. The van der Waals surface area contributed by atoms with Crippen LogP contribution in [0.1, 0.15) is 53.9 Å². The first kappa shape index (κ1) is 20.5. The third kappa shape index (κ3) is 8.09. The van der Waals surface area contributed by atoms with Gasteiger partial charge in [-0.15, -0.1) is 0 Å². The molecule has 7 heteroatoms. The van der Waals surface area contributed by atoms with E-state index in [4.69, 9.17) is 14.2 Å². The van der Waals surface area contributed by atoms with Gasteiger partial charge >= 0.3 is 11.9 Å². The summed E-state index contributed by atoms with van der Waals surface area (Å²) in [6, 6.07) is 0. The van der Waals surface area contributed by atoms with Crippen molar-refractivity contribution >= 4 is 17.7 Å². The third-order valence-electron chi connectivity index (χ3n) is 2.98. The van der Waals surface area contributed by atoms with E-state index in [-0.39, 0.29) is 38.6 Å². The molecular formula is C15H26O7. The van der Waals surface area contributed by atoms with E-state index in [2.05, 4.69) is 4.74 Å². The molecule has 1 aliphatic heterocycles. The number of Topliss-reactive ketones (excluding diaryl/α,β-unsaturated/α-hetero) is 1. The first-order valence-corrected chi connectivity index (χ1v) is 6.93. The van der Waals surface area contributed by atoms with Gasteiger partial charge in [-0.3, -0.25) is 9.59 Å². The second kappa shape index (κ2) is 9.53. The van der Waals surface area contributed by atoms with Gasteiger partial charge in [-0.25, -0.2) is 0 Å². The lowest BCUT2D eigenvalue weighted by molar-refractivity contribution is -0.176. The normalized spacial score (nSPS) is 23.5. The fourth-order valence-electron chi connectivity index (χ4n) is 1.83. The van der Waals surface area contributed by atoms with Crippen molar-refractivity contribution < 1.29 is 33.3 Å². The van der Waals surface area contributed by atoms with E-state index in [0.29, 0.717) is 13.0 Å². The zero-order valence-corrected chi connectivity index (χ0v) is 12.7. The lowest BCUT2D eigenvalue weighted by Gasteiger charge is -2.22. The van der Waals surface area contributed by atoms with Crippen molar-refractivity contribution in [2.45, 2.75) is 65.8 Å². The van der Waals surface area contributed by atoms with Crippen LogP contribution in [0.2, 0.25) is 0 Å². The summed E-state index contributed by atoms with van der Waals surface area (Å²) < 4.78 is 20.5. The Bertz CT molecular complexity index is 393. The summed E-state index contributed by atoms with van der Waals surface area (Å²) in [5.41, 5.74) is 0. The van der Waals surface area contributed by atoms with Gasteiger partial charge in [0.2, 0.25) is 6.79 Å². The van der Waals surface area contributed by atoms with Crippen LogP contribution in [0.5, 0.6) is 0 Å². The number of hydrogen-bond donors (Lipinski definition) is 0. The number of carbonyl (C=O) groups excluding carboxylic acids is 3. The molecule has 1 heterocycles. The number of carbonyl (C=O) groups is 3. The molecule has 0 radical (unpaired) electrons. The Labute approximate surface area is 131 Å². The van der Waals surface area contributed by atoms with Crippen molar-refractivity contribution in [3.05, 3.63) is 0 Å². The van der Waals surface area contributed by atoms with Crippen molar-refractivity contribution in [2.24, 2.45) is 0 Å². The number of esters is 2. The molecule has 0 aromatic heterocycles. The maximum Gasteiger partial charge on any atom is 0.309 e. The highest BCUT2D eigenvalue weighted by Gasteiger charge is 2.35. The van der Waals surface area contributed by atoms with Gasteiger partial charge in [0, 0.05) is 12.8 Å². The molecule has 1 saturated heterocycles. The van der Waals surface area contributed by atoms with Crippen molar-refractivity contribution in [3.63, 3.8) is 0 Å². The molecule has 0 amide bonds. The molecule has 1 fully saturated rings. The van der Waals surface area contributed by atoms with Crippen molar-refractivity contribution in [3.8, 4) is 0 Å². The summed E-state index contributed by atoms with van der Waals surface area (Å²) in [4.78, 5) is 33.3. The minimum Gasteiger partial charge on any atom is -0.428 e. The highest BCUT2D eigenvalue weighted by atomic mass is 16.7. The van der Waals surface area contributed by atoms with E-state index >= 15 is 0 Å². The van der Waals surface area contributed by atoms with Crippen molar-refractivity contribution in [2.75, 3.05) is 13.4 Å². The van der Waals surface area contributed by atoms with Gasteiger partial charge in [-0.05, 0) is 20.8 Å². The molecule has 0 aromatic rings. The van der Waals surface area contributed by atoms with Gasteiger partial charge in [-0.2, -0.15) is 0 Å². The molecule has 1 rings (SSSR count). The minimum absolute atomic E-state index is 0. The zero-order valence-electron chi connectivity index (χ0n) is 12.7. The predicted molar refractivity (Wildman–Crippen MR) is 77.8 cm³/mol. The first-order chi connectivity index (χ1) is 9.81. The monoisotopic (exact) mass is 318 g/mol. The Hall–Kier alpha value is -1.47. The van der Waals surface area contributed by atoms with Crippen LogP contribution in [-0.2, 0) is 33.3 Å².